The lowest BCUT2D eigenvalue weighted by Gasteiger charge is -2.16. The Hall–Kier alpha value is -4.86. The van der Waals surface area contributed by atoms with Crippen molar-refractivity contribution in [2.24, 2.45) is 0 Å². The molecule has 0 fully saturated rings. The zero-order chi connectivity index (χ0) is 32.2. The fraction of sp³-hybridized carbons (Fsp3) is 0.143. The number of nitrogens with one attached hydrogen (secondary N) is 3. The van der Waals surface area contributed by atoms with E-state index in [1.54, 1.807) is 104 Å². The predicted molar refractivity (Wildman–Crippen MR) is 179 cm³/mol. The highest BCUT2D eigenvalue weighted by Crippen LogP contribution is 2.29. The number of thioether (sulfide) groups is 1. The number of hydrogen-bond acceptors (Lipinski definition) is 6. The van der Waals surface area contributed by atoms with Crippen LogP contribution in [0.1, 0.15) is 46.5 Å². The number of carbonyl (C=O) groups excluding carboxylic acids is 4. The van der Waals surface area contributed by atoms with Crippen molar-refractivity contribution in [1.29, 1.82) is 0 Å². The first-order valence-electron chi connectivity index (χ1n) is 14.3. The summed E-state index contributed by atoms with van der Waals surface area (Å²) in [5.74, 6) is -1.61. The van der Waals surface area contributed by atoms with E-state index in [9.17, 15) is 19.2 Å². The Morgan fingerprint density at radius 2 is 1.51 bits per heavy atom. The van der Waals surface area contributed by atoms with Gasteiger partial charge >= 0.3 is 5.97 Å². The average Bonchev–Trinajstić information content (AvgIpc) is 3.05. The van der Waals surface area contributed by atoms with Crippen molar-refractivity contribution in [3.8, 4) is 0 Å². The molecule has 0 aliphatic carbocycles. The normalized spacial score (nSPS) is 11.7. The molecule has 230 valence electrons. The third-order valence-electron chi connectivity index (χ3n) is 6.43. The van der Waals surface area contributed by atoms with E-state index < -0.39 is 23.0 Å². The molecule has 0 radical (unpaired) electrons. The maximum absolute atomic E-state index is 13.5. The second-order valence-corrected chi connectivity index (χ2v) is 11.4. The smallest absolute Gasteiger partial charge is 0.338 e. The predicted octanol–water partition coefficient (Wildman–Crippen LogP) is 7.44. The van der Waals surface area contributed by atoms with Gasteiger partial charge in [-0.25, -0.2) is 4.79 Å². The second-order valence-electron chi connectivity index (χ2n) is 9.68. The number of ether oxygens (including phenoxy) is 1. The van der Waals surface area contributed by atoms with Crippen molar-refractivity contribution in [2.45, 2.75) is 30.4 Å². The second kappa shape index (κ2) is 16.3. The van der Waals surface area contributed by atoms with Crippen LogP contribution in [0.3, 0.4) is 0 Å². The molecule has 4 aromatic rings. The summed E-state index contributed by atoms with van der Waals surface area (Å²) in [6.45, 7) is 3.93. The van der Waals surface area contributed by atoms with E-state index in [0.29, 0.717) is 39.5 Å². The van der Waals surface area contributed by atoms with Crippen LogP contribution in [-0.2, 0) is 14.3 Å². The van der Waals surface area contributed by atoms with Crippen molar-refractivity contribution >= 4 is 64.5 Å². The number of carbonyl (C=O) groups is 4. The number of rotatable bonds is 12. The van der Waals surface area contributed by atoms with Gasteiger partial charge in [0.25, 0.3) is 11.8 Å². The summed E-state index contributed by atoms with van der Waals surface area (Å²) in [6.07, 6.45) is 2.07. The Bertz CT molecular complexity index is 1690. The third-order valence-corrected chi connectivity index (χ3v) is 8.13. The Morgan fingerprint density at radius 1 is 0.800 bits per heavy atom. The molecule has 45 heavy (non-hydrogen) atoms. The molecule has 3 amide bonds. The minimum Gasteiger partial charge on any atom is -0.462 e. The van der Waals surface area contributed by atoms with Crippen LogP contribution >= 0.6 is 23.4 Å². The molecule has 0 aliphatic rings. The molecule has 0 spiro atoms. The first-order valence-corrected chi connectivity index (χ1v) is 15.5. The molecule has 0 saturated heterocycles. The molecule has 3 N–H and O–H groups in total. The summed E-state index contributed by atoms with van der Waals surface area (Å²) in [5, 5.41) is 8.44. The maximum atomic E-state index is 13.5. The van der Waals surface area contributed by atoms with E-state index in [2.05, 4.69) is 16.0 Å². The molecule has 4 rings (SSSR count). The van der Waals surface area contributed by atoms with E-state index in [0.717, 1.165) is 4.90 Å². The number of halogens is 1. The van der Waals surface area contributed by atoms with Crippen LogP contribution in [0.15, 0.2) is 114 Å². The molecule has 10 heteroatoms. The van der Waals surface area contributed by atoms with Crippen molar-refractivity contribution in [3.05, 3.63) is 131 Å². The molecule has 1 unspecified atom stereocenters. The standard InChI is InChI=1S/C35H32ClN3O5S/c1-3-31(34(42)37-26-19-17-24(18-20-26)35(43)44-4-2)45-28-15-10-14-27(22-28)38-33(41)30(21-25-13-8-9-16-29(25)36)39-32(40)23-11-6-5-7-12-23/h5-22,31H,3-4H2,1-2H3,(H,37,42)(H,38,41)(H,39,40)/b30-21+. The first kappa shape index (κ1) is 33.0. The first-order chi connectivity index (χ1) is 21.8. The minimum atomic E-state index is -0.544. The van der Waals surface area contributed by atoms with Gasteiger partial charge in [-0.1, -0.05) is 61.0 Å². The van der Waals surface area contributed by atoms with E-state index in [1.807, 2.05) is 13.0 Å². The number of amides is 3. The van der Waals surface area contributed by atoms with Gasteiger partial charge in [0.05, 0.1) is 17.4 Å². The molecule has 8 nitrogen and oxygen atoms in total. The van der Waals surface area contributed by atoms with E-state index >= 15 is 0 Å². The summed E-state index contributed by atoms with van der Waals surface area (Å²) in [5.41, 5.74) is 2.41. The zero-order valence-electron chi connectivity index (χ0n) is 24.7. The van der Waals surface area contributed by atoms with Crippen LogP contribution in [0.2, 0.25) is 5.02 Å². The molecular weight excluding hydrogens is 610 g/mol. The summed E-state index contributed by atoms with van der Waals surface area (Å²) >= 11 is 7.69. The van der Waals surface area contributed by atoms with Crippen molar-refractivity contribution in [2.75, 3.05) is 17.2 Å². The molecule has 0 aromatic heterocycles. The van der Waals surface area contributed by atoms with Gasteiger partial charge in [-0.3, -0.25) is 14.4 Å². The summed E-state index contributed by atoms with van der Waals surface area (Å²) < 4.78 is 5.00. The highest BCUT2D eigenvalue weighted by atomic mass is 35.5. The monoisotopic (exact) mass is 641 g/mol. The SMILES string of the molecule is CCOC(=O)c1ccc(NC(=O)C(CC)Sc2cccc(NC(=O)/C(=C\c3ccccc3Cl)NC(=O)c3ccccc3)c2)cc1. The van der Waals surface area contributed by atoms with Gasteiger partial charge in [0.2, 0.25) is 5.91 Å². The number of anilines is 2. The Kier molecular flexibility index (Phi) is 12.0. The van der Waals surface area contributed by atoms with Gasteiger partial charge in [-0.05, 0) is 85.6 Å². The average molecular weight is 642 g/mol. The lowest BCUT2D eigenvalue weighted by atomic mass is 10.1. The largest absolute Gasteiger partial charge is 0.462 e. The number of esters is 1. The van der Waals surface area contributed by atoms with Crippen LogP contribution in [-0.4, -0.2) is 35.5 Å². The van der Waals surface area contributed by atoms with Gasteiger partial charge in [-0.2, -0.15) is 0 Å². The van der Waals surface area contributed by atoms with Gasteiger partial charge in [0, 0.05) is 26.9 Å². The molecule has 0 saturated carbocycles. The Morgan fingerprint density at radius 3 is 2.20 bits per heavy atom. The summed E-state index contributed by atoms with van der Waals surface area (Å²) in [4.78, 5) is 52.2. The van der Waals surface area contributed by atoms with Gasteiger partial charge in [0.15, 0.2) is 0 Å². The van der Waals surface area contributed by atoms with Crippen LogP contribution in [0, 0.1) is 0 Å². The summed E-state index contributed by atoms with van der Waals surface area (Å²) in [7, 11) is 0. The molecule has 1 atom stereocenters. The van der Waals surface area contributed by atoms with Crippen LogP contribution in [0.5, 0.6) is 0 Å². The number of hydrogen-bond donors (Lipinski definition) is 3. The fourth-order valence-electron chi connectivity index (χ4n) is 4.15. The lowest BCUT2D eigenvalue weighted by Crippen LogP contribution is -2.30. The van der Waals surface area contributed by atoms with Gasteiger partial charge in [0.1, 0.15) is 5.70 Å². The van der Waals surface area contributed by atoms with Crippen molar-refractivity contribution in [3.63, 3.8) is 0 Å². The Labute approximate surface area is 271 Å². The van der Waals surface area contributed by atoms with E-state index in [-0.39, 0.29) is 18.2 Å². The lowest BCUT2D eigenvalue weighted by molar-refractivity contribution is -0.116. The maximum Gasteiger partial charge on any atom is 0.338 e. The third kappa shape index (κ3) is 9.56. The molecule has 0 aliphatic heterocycles. The highest BCUT2D eigenvalue weighted by molar-refractivity contribution is 8.00. The molecule has 4 aromatic carbocycles. The molecule has 0 heterocycles. The minimum absolute atomic E-state index is 0.00907. The van der Waals surface area contributed by atoms with Gasteiger partial charge in [-0.15, -0.1) is 11.8 Å². The molecule has 0 bridgehead atoms. The van der Waals surface area contributed by atoms with Gasteiger partial charge < -0.3 is 20.7 Å². The van der Waals surface area contributed by atoms with Crippen molar-refractivity contribution in [1.82, 2.24) is 5.32 Å². The fourth-order valence-corrected chi connectivity index (χ4v) is 5.35. The van der Waals surface area contributed by atoms with E-state index in [4.69, 9.17) is 16.3 Å². The highest BCUT2D eigenvalue weighted by Gasteiger charge is 2.20. The quantitative estimate of drug-likeness (QED) is 0.0842. The van der Waals surface area contributed by atoms with Crippen LogP contribution < -0.4 is 16.0 Å². The molecular formula is C35H32ClN3O5S. The van der Waals surface area contributed by atoms with Crippen LogP contribution in [0.4, 0.5) is 11.4 Å². The van der Waals surface area contributed by atoms with Crippen LogP contribution in [0.25, 0.3) is 6.08 Å². The number of benzene rings is 4. The Balaban J connectivity index is 1.46. The summed E-state index contributed by atoms with van der Waals surface area (Å²) in [6, 6.07) is 29.2. The zero-order valence-corrected chi connectivity index (χ0v) is 26.3. The van der Waals surface area contributed by atoms with Crippen molar-refractivity contribution < 1.29 is 23.9 Å². The topological polar surface area (TPSA) is 114 Å². The van der Waals surface area contributed by atoms with E-state index in [1.165, 1.54) is 17.8 Å².